The smallest absolute Gasteiger partial charge is 0.246 e. The highest BCUT2D eigenvalue weighted by molar-refractivity contribution is 5.98. The molecule has 46 heavy (non-hydrogen) atoms. The summed E-state index contributed by atoms with van der Waals surface area (Å²) in [5.74, 6) is -0.0161. The minimum absolute atomic E-state index is 0.123. The summed E-state index contributed by atoms with van der Waals surface area (Å²) in [5, 5.41) is 8.55. The molecule has 0 aromatic heterocycles. The molecule has 2 heterocycles. The van der Waals surface area contributed by atoms with Crippen LogP contribution in [0.4, 0.5) is 11.4 Å². The highest BCUT2D eigenvalue weighted by Crippen LogP contribution is 2.56. The number of anilines is 2. The van der Waals surface area contributed by atoms with Gasteiger partial charge < -0.3 is 41.6 Å². The molecule has 11 nitrogen and oxygen atoms in total. The summed E-state index contributed by atoms with van der Waals surface area (Å²) < 4.78 is 17.9. The van der Waals surface area contributed by atoms with Crippen molar-refractivity contribution in [3.8, 4) is 11.5 Å². The molecule has 3 aromatic carbocycles. The molecule has 2 aliphatic heterocycles. The first kappa shape index (κ1) is 32.9. The van der Waals surface area contributed by atoms with E-state index in [1.165, 1.54) is 7.11 Å². The van der Waals surface area contributed by atoms with Crippen LogP contribution in [-0.4, -0.2) is 50.1 Å². The highest BCUT2D eigenvalue weighted by atomic mass is 16.5. The topological polar surface area (TPSA) is 167 Å². The fourth-order valence-corrected chi connectivity index (χ4v) is 6.19. The van der Waals surface area contributed by atoms with Crippen LogP contribution in [0.3, 0.4) is 0 Å². The van der Waals surface area contributed by atoms with Gasteiger partial charge in [0.2, 0.25) is 17.7 Å². The van der Waals surface area contributed by atoms with Crippen LogP contribution in [0.25, 0.3) is 0 Å². The summed E-state index contributed by atoms with van der Waals surface area (Å²) in [6.45, 7) is 4.65. The summed E-state index contributed by atoms with van der Waals surface area (Å²) in [5.41, 5.74) is 15.8. The molecule has 0 aliphatic carbocycles. The Labute approximate surface area is 269 Å². The number of nitrogens with one attached hydrogen (secondary N) is 3. The van der Waals surface area contributed by atoms with E-state index in [-0.39, 0.29) is 12.5 Å². The van der Waals surface area contributed by atoms with E-state index in [0.717, 1.165) is 22.3 Å². The van der Waals surface area contributed by atoms with Crippen molar-refractivity contribution >= 4 is 29.1 Å². The number of ether oxygens (including phenoxy) is 3. The number of amides is 3. The third-order valence-electron chi connectivity index (χ3n) is 8.29. The molecule has 3 atom stereocenters. The largest absolute Gasteiger partial charge is 0.456 e. The van der Waals surface area contributed by atoms with Crippen molar-refractivity contribution in [3.63, 3.8) is 0 Å². The van der Waals surface area contributed by atoms with E-state index in [1.54, 1.807) is 18.2 Å². The van der Waals surface area contributed by atoms with Gasteiger partial charge in [-0.05, 0) is 73.5 Å². The lowest BCUT2D eigenvalue weighted by atomic mass is 9.77. The van der Waals surface area contributed by atoms with Gasteiger partial charge in [-0.15, -0.1) is 0 Å². The van der Waals surface area contributed by atoms with Crippen molar-refractivity contribution in [1.82, 2.24) is 10.6 Å². The lowest BCUT2D eigenvalue weighted by Crippen LogP contribution is -2.53. The maximum absolute atomic E-state index is 13.7. The third-order valence-corrected chi connectivity index (χ3v) is 8.29. The summed E-state index contributed by atoms with van der Waals surface area (Å²) in [4.78, 5) is 39.3. The number of rotatable bonds is 13. The second-order valence-corrected chi connectivity index (χ2v) is 12.2. The maximum atomic E-state index is 13.7. The number of unbranched alkanes of at least 4 members (excludes halogenated alkanes) is 1. The van der Waals surface area contributed by atoms with E-state index in [0.29, 0.717) is 61.7 Å². The molecule has 5 rings (SSSR count). The zero-order chi connectivity index (χ0) is 32.8. The molecule has 11 heteroatoms. The van der Waals surface area contributed by atoms with E-state index in [1.807, 2.05) is 44.2 Å². The number of carbonyl (C=O) groups is 3. The monoisotopic (exact) mass is 629 g/mol. The van der Waals surface area contributed by atoms with Crippen molar-refractivity contribution < 1.29 is 28.6 Å². The van der Waals surface area contributed by atoms with E-state index in [4.69, 9.17) is 25.7 Å². The van der Waals surface area contributed by atoms with Crippen LogP contribution in [0.15, 0.2) is 60.7 Å². The molecule has 3 aromatic rings. The molecule has 0 fully saturated rings. The van der Waals surface area contributed by atoms with Crippen LogP contribution in [0.5, 0.6) is 11.5 Å². The fraction of sp³-hybridized carbons (Fsp3) is 0.400. The molecule has 0 bridgehead atoms. The number of nitrogen functional groups attached to an aromatic ring is 1. The first-order valence-corrected chi connectivity index (χ1v) is 15.7. The van der Waals surface area contributed by atoms with Crippen molar-refractivity contribution in [2.75, 3.05) is 31.3 Å². The Hall–Kier alpha value is -4.45. The van der Waals surface area contributed by atoms with Gasteiger partial charge in [-0.2, -0.15) is 0 Å². The van der Waals surface area contributed by atoms with E-state index >= 15 is 0 Å². The minimum atomic E-state index is -0.896. The van der Waals surface area contributed by atoms with Gasteiger partial charge >= 0.3 is 0 Å². The zero-order valence-corrected chi connectivity index (χ0v) is 26.6. The number of benzene rings is 3. The Balaban J connectivity index is 1.41. The SMILES string of the molecule is COCC(=O)N[C@@H](CC(C)C)C(=O)N[C@@H](CCCCN)C(=O)Nc1ccc2c(c1)Oc1cc(N)ccc1C21OCc2ccccc21. The first-order chi connectivity index (χ1) is 22.2. The quantitative estimate of drug-likeness (QED) is 0.140. The van der Waals surface area contributed by atoms with Gasteiger partial charge in [0.15, 0.2) is 5.60 Å². The third kappa shape index (κ3) is 6.86. The molecule has 1 unspecified atom stereocenters. The van der Waals surface area contributed by atoms with E-state index < -0.39 is 35.4 Å². The minimum Gasteiger partial charge on any atom is -0.456 e. The average molecular weight is 630 g/mol. The van der Waals surface area contributed by atoms with Gasteiger partial charge in [0.25, 0.3) is 0 Å². The Kier molecular flexibility index (Phi) is 10.3. The second kappa shape index (κ2) is 14.3. The Morgan fingerprint density at radius 3 is 2.39 bits per heavy atom. The molecule has 1 spiro atoms. The van der Waals surface area contributed by atoms with Gasteiger partial charge in [0, 0.05) is 41.7 Å². The van der Waals surface area contributed by atoms with E-state index in [9.17, 15) is 14.4 Å². The summed E-state index contributed by atoms with van der Waals surface area (Å²) in [6, 6.07) is 17.4. The Bertz CT molecular complexity index is 1590. The molecule has 3 amide bonds. The van der Waals surface area contributed by atoms with Crippen molar-refractivity contribution in [3.05, 3.63) is 82.9 Å². The number of nitrogens with two attached hydrogens (primary N) is 2. The van der Waals surface area contributed by atoms with Gasteiger partial charge in [-0.3, -0.25) is 14.4 Å². The second-order valence-electron chi connectivity index (χ2n) is 12.2. The summed E-state index contributed by atoms with van der Waals surface area (Å²) in [6.07, 6.45) is 2.10. The standard InChI is InChI=1S/C35H43N5O6/c1-21(2)16-29(39-32(41)20-44-3)34(43)40-28(10-6-7-15-36)33(42)38-24-12-14-27-31(18-24)46-30-17-23(37)11-13-26(30)35(27)25-9-5-4-8-22(25)19-45-35/h4-5,8-9,11-14,17-18,21,28-29H,6-7,10,15-16,19-20,36-37H2,1-3H3,(H,38,42)(H,39,41)(H,40,43)/t28-,29-,35?/m0/s1. The number of hydrogen-bond donors (Lipinski definition) is 5. The lowest BCUT2D eigenvalue weighted by Gasteiger charge is -2.37. The number of methoxy groups -OCH3 is 1. The number of fused-ring (bicyclic) bond motifs is 6. The van der Waals surface area contributed by atoms with Crippen molar-refractivity contribution in [2.24, 2.45) is 11.7 Å². The zero-order valence-electron chi connectivity index (χ0n) is 26.6. The van der Waals surface area contributed by atoms with Gasteiger partial charge in [0.05, 0.1) is 6.61 Å². The van der Waals surface area contributed by atoms with Gasteiger partial charge in [-0.1, -0.05) is 38.1 Å². The highest BCUT2D eigenvalue weighted by Gasteiger charge is 2.49. The fourth-order valence-electron chi connectivity index (χ4n) is 6.19. The Morgan fingerprint density at radius 1 is 0.913 bits per heavy atom. The molecule has 7 N–H and O–H groups in total. The van der Waals surface area contributed by atoms with Crippen LogP contribution in [0.1, 0.15) is 61.8 Å². The number of hydrogen-bond acceptors (Lipinski definition) is 8. The molecule has 0 saturated carbocycles. The van der Waals surface area contributed by atoms with Crippen molar-refractivity contribution in [2.45, 2.75) is 63.8 Å². The number of carbonyl (C=O) groups excluding carboxylic acids is 3. The predicted molar refractivity (Wildman–Crippen MR) is 175 cm³/mol. The molecule has 0 radical (unpaired) electrons. The van der Waals surface area contributed by atoms with Gasteiger partial charge in [-0.25, -0.2) is 0 Å². The molecule has 0 saturated heterocycles. The average Bonchev–Trinajstić information content (AvgIpc) is 3.39. The van der Waals surface area contributed by atoms with Crippen LogP contribution in [0, 0.1) is 5.92 Å². The van der Waals surface area contributed by atoms with Crippen LogP contribution in [0.2, 0.25) is 0 Å². The van der Waals surface area contributed by atoms with Gasteiger partial charge in [0.1, 0.15) is 30.2 Å². The lowest BCUT2D eigenvalue weighted by molar-refractivity contribution is -0.132. The van der Waals surface area contributed by atoms with Crippen LogP contribution >= 0.6 is 0 Å². The first-order valence-electron chi connectivity index (χ1n) is 15.7. The molecular formula is C35H43N5O6. The maximum Gasteiger partial charge on any atom is 0.246 e. The normalized spacial score (nSPS) is 17.3. The predicted octanol–water partition coefficient (Wildman–Crippen LogP) is 3.93. The molecule has 244 valence electrons. The van der Waals surface area contributed by atoms with Crippen LogP contribution in [-0.2, 0) is 36.1 Å². The van der Waals surface area contributed by atoms with Crippen molar-refractivity contribution in [1.29, 1.82) is 0 Å². The summed E-state index contributed by atoms with van der Waals surface area (Å²) >= 11 is 0. The Morgan fingerprint density at radius 2 is 1.65 bits per heavy atom. The van der Waals surface area contributed by atoms with E-state index in [2.05, 4.69) is 28.1 Å². The van der Waals surface area contributed by atoms with Crippen LogP contribution < -0.4 is 32.2 Å². The summed E-state index contributed by atoms with van der Waals surface area (Å²) in [7, 11) is 1.41. The molecule has 2 aliphatic rings. The molecular weight excluding hydrogens is 586 g/mol.